The van der Waals surface area contributed by atoms with Crippen LogP contribution in [-0.2, 0) is 16.8 Å². The van der Waals surface area contributed by atoms with Crippen molar-refractivity contribution in [3.8, 4) is 0 Å². The lowest BCUT2D eigenvalue weighted by Gasteiger charge is -2.39. The Morgan fingerprint density at radius 1 is 1.44 bits per heavy atom. The first-order valence-corrected chi connectivity index (χ1v) is 6.18. The number of hydrogen-bond acceptors (Lipinski definition) is 2. The van der Waals surface area contributed by atoms with E-state index in [1.807, 2.05) is 0 Å². The van der Waals surface area contributed by atoms with Gasteiger partial charge in [0.05, 0.1) is 6.10 Å². The minimum Gasteiger partial charge on any atom is -0.365 e. The van der Waals surface area contributed by atoms with Crippen LogP contribution in [-0.4, -0.2) is 19.2 Å². The lowest BCUT2D eigenvalue weighted by atomic mass is 9.92. The molecule has 2 heteroatoms. The van der Waals surface area contributed by atoms with Crippen molar-refractivity contribution in [1.29, 1.82) is 0 Å². The van der Waals surface area contributed by atoms with Gasteiger partial charge in [-0.1, -0.05) is 23.8 Å². The summed E-state index contributed by atoms with van der Waals surface area (Å²) >= 11 is 0. The third-order valence-corrected chi connectivity index (χ3v) is 3.82. The van der Waals surface area contributed by atoms with E-state index in [1.165, 1.54) is 16.7 Å². The van der Waals surface area contributed by atoms with E-state index in [9.17, 15) is 0 Å². The maximum Gasteiger partial charge on any atom is 0.106 e. The van der Waals surface area contributed by atoms with Gasteiger partial charge in [0.1, 0.15) is 5.60 Å². The molecule has 1 aromatic carbocycles. The van der Waals surface area contributed by atoms with E-state index in [0.29, 0.717) is 6.10 Å². The predicted octanol–water partition coefficient (Wildman–Crippen LogP) is 2.14. The number of morpholine rings is 1. The Hall–Kier alpha value is -0.860. The van der Waals surface area contributed by atoms with Crippen LogP contribution in [0.15, 0.2) is 18.2 Å². The topological polar surface area (TPSA) is 21.3 Å². The molecule has 0 aromatic heterocycles. The summed E-state index contributed by atoms with van der Waals surface area (Å²) < 4.78 is 6.25. The minimum atomic E-state index is -0.0426. The van der Waals surface area contributed by atoms with Crippen LogP contribution in [0, 0.1) is 6.92 Å². The van der Waals surface area contributed by atoms with Crippen molar-refractivity contribution in [3.63, 3.8) is 0 Å². The lowest BCUT2D eigenvalue weighted by molar-refractivity contribution is -0.113. The van der Waals surface area contributed by atoms with Crippen LogP contribution in [0.1, 0.15) is 30.0 Å². The Labute approximate surface area is 97.0 Å². The molecule has 2 atom stereocenters. The van der Waals surface area contributed by atoms with Crippen molar-refractivity contribution in [2.75, 3.05) is 13.1 Å². The first-order valence-electron chi connectivity index (χ1n) is 6.18. The summed E-state index contributed by atoms with van der Waals surface area (Å²) in [5.74, 6) is 0. The summed E-state index contributed by atoms with van der Waals surface area (Å²) in [4.78, 5) is 0. The van der Waals surface area contributed by atoms with E-state index >= 15 is 0 Å². The summed E-state index contributed by atoms with van der Waals surface area (Å²) in [7, 11) is 0. The molecule has 86 valence electrons. The van der Waals surface area contributed by atoms with Crippen molar-refractivity contribution in [2.45, 2.75) is 38.4 Å². The average Bonchev–Trinajstić information content (AvgIpc) is 2.58. The summed E-state index contributed by atoms with van der Waals surface area (Å²) in [6, 6.07) is 6.78. The Bertz CT molecular complexity index is 411. The molecule has 1 fully saturated rings. The molecule has 1 aromatic rings. The number of hydrogen-bond donors (Lipinski definition) is 1. The van der Waals surface area contributed by atoms with Gasteiger partial charge in [-0.2, -0.15) is 0 Å². The van der Waals surface area contributed by atoms with Gasteiger partial charge in [0.2, 0.25) is 0 Å². The molecule has 1 aliphatic carbocycles. The summed E-state index contributed by atoms with van der Waals surface area (Å²) in [6.07, 6.45) is 2.60. The van der Waals surface area contributed by atoms with E-state index in [2.05, 4.69) is 37.4 Å². The molecule has 1 saturated heterocycles. The van der Waals surface area contributed by atoms with Gasteiger partial charge >= 0.3 is 0 Å². The van der Waals surface area contributed by atoms with Crippen molar-refractivity contribution in [1.82, 2.24) is 5.32 Å². The lowest BCUT2D eigenvalue weighted by Crippen LogP contribution is -2.49. The van der Waals surface area contributed by atoms with Gasteiger partial charge in [-0.15, -0.1) is 0 Å². The highest BCUT2D eigenvalue weighted by molar-refractivity contribution is 5.41. The van der Waals surface area contributed by atoms with Crippen LogP contribution in [0.25, 0.3) is 0 Å². The second-order valence-corrected chi connectivity index (χ2v) is 5.21. The quantitative estimate of drug-likeness (QED) is 0.719. The van der Waals surface area contributed by atoms with Gasteiger partial charge in [0.25, 0.3) is 0 Å². The predicted molar refractivity (Wildman–Crippen MR) is 64.6 cm³/mol. The fourth-order valence-electron chi connectivity index (χ4n) is 3.06. The Morgan fingerprint density at radius 3 is 3.12 bits per heavy atom. The van der Waals surface area contributed by atoms with E-state index in [-0.39, 0.29) is 5.60 Å². The summed E-state index contributed by atoms with van der Waals surface area (Å²) in [6.45, 7) is 6.25. The molecular weight excluding hydrogens is 198 g/mol. The molecule has 2 unspecified atom stereocenters. The maximum absolute atomic E-state index is 6.25. The Balaban J connectivity index is 2.03. The van der Waals surface area contributed by atoms with Crippen LogP contribution in [0.4, 0.5) is 0 Å². The van der Waals surface area contributed by atoms with Crippen molar-refractivity contribution < 1.29 is 4.74 Å². The molecule has 2 aliphatic rings. The van der Waals surface area contributed by atoms with Gasteiger partial charge in [-0.3, -0.25) is 0 Å². The zero-order chi connectivity index (χ0) is 11.2. The first-order chi connectivity index (χ1) is 7.70. The molecule has 3 rings (SSSR count). The van der Waals surface area contributed by atoms with E-state index in [1.54, 1.807) is 0 Å². The van der Waals surface area contributed by atoms with Crippen molar-refractivity contribution in [2.24, 2.45) is 0 Å². The Kier molecular flexibility index (Phi) is 2.30. The molecule has 2 nitrogen and oxygen atoms in total. The van der Waals surface area contributed by atoms with Gasteiger partial charge < -0.3 is 10.1 Å². The number of fused-ring (bicyclic) bond motifs is 2. The van der Waals surface area contributed by atoms with Crippen LogP contribution >= 0.6 is 0 Å². The van der Waals surface area contributed by atoms with Crippen LogP contribution in [0.2, 0.25) is 0 Å². The molecule has 1 aliphatic heterocycles. The van der Waals surface area contributed by atoms with Crippen molar-refractivity contribution in [3.05, 3.63) is 34.9 Å². The maximum atomic E-state index is 6.25. The number of rotatable bonds is 0. The second kappa shape index (κ2) is 3.57. The van der Waals surface area contributed by atoms with Crippen LogP contribution in [0.3, 0.4) is 0 Å². The molecule has 0 amide bonds. The molecule has 1 N–H and O–H groups in total. The molecule has 16 heavy (non-hydrogen) atoms. The third-order valence-electron chi connectivity index (χ3n) is 3.82. The number of benzene rings is 1. The van der Waals surface area contributed by atoms with E-state index < -0.39 is 0 Å². The molecule has 0 bridgehead atoms. The third kappa shape index (κ3) is 1.48. The fraction of sp³-hybridized carbons (Fsp3) is 0.571. The molecule has 1 spiro atoms. The molecular formula is C14H19NO. The number of nitrogens with one attached hydrogen (secondary N) is 1. The Morgan fingerprint density at radius 2 is 2.31 bits per heavy atom. The highest BCUT2D eigenvalue weighted by Crippen LogP contribution is 2.42. The molecule has 0 radical (unpaired) electrons. The summed E-state index contributed by atoms with van der Waals surface area (Å²) in [5, 5.41) is 3.50. The highest BCUT2D eigenvalue weighted by Gasteiger charge is 2.42. The van der Waals surface area contributed by atoms with E-state index in [0.717, 1.165) is 25.9 Å². The van der Waals surface area contributed by atoms with Crippen molar-refractivity contribution >= 4 is 0 Å². The largest absolute Gasteiger partial charge is 0.365 e. The standard InChI is InChI=1S/C14H19NO/c1-10-3-4-12-5-6-14(13(12)7-10)9-15-8-11(2)16-14/h3-4,7,11,15H,5-6,8-9H2,1-2H3. The first kappa shape index (κ1) is 10.3. The van der Waals surface area contributed by atoms with Gasteiger partial charge in [-0.05, 0) is 37.8 Å². The molecule has 1 heterocycles. The van der Waals surface area contributed by atoms with E-state index in [4.69, 9.17) is 4.74 Å². The minimum absolute atomic E-state index is 0.0426. The smallest absolute Gasteiger partial charge is 0.106 e. The fourth-order valence-corrected chi connectivity index (χ4v) is 3.06. The van der Waals surface area contributed by atoms with Gasteiger partial charge in [0.15, 0.2) is 0 Å². The second-order valence-electron chi connectivity index (χ2n) is 5.21. The van der Waals surface area contributed by atoms with Gasteiger partial charge in [0, 0.05) is 13.1 Å². The normalized spacial score (nSPS) is 33.0. The molecule has 0 saturated carbocycles. The number of ether oxygens (including phenoxy) is 1. The summed E-state index contributed by atoms with van der Waals surface area (Å²) in [5.41, 5.74) is 4.19. The monoisotopic (exact) mass is 217 g/mol. The zero-order valence-corrected chi connectivity index (χ0v) is 10.0. The SMILES string of the molecule is Cc1ccc2c(c1)C1(CC2)CNCC(C)O1. The van der Waals surface area contributed by atoms with Crippen LogP contribution in [0.5, 0.6) is 0 Å². The number of aryl methyl sites for hydroxylation is 2. The highest BCUT2D eigenvalue weighted by atomic mass is 16.5. The average molecular weight is 217 g/mol. The zero-order valence-electron chi connectivity index (χ0n) is 10.0. The van der Waals surface area contributed by atoms with Crippen LogP contribution < -0.4 is 5.32 Å². The van der Waals surface area contributed by atoms with Gasteiger partial charge in [-0.25, -0.2) is 0 Å².